The minimum absolute atomic E-state index is 0.252. The highest BCUT2D eigenvalue weighted by atomic mass is 79.9. The molecule has 1 amide bonds. The SMILES string of the molecule is CCCN(CCC)C(=S)NC(=O)c1cc(Br)ccc1OCCc1ccccc1. The molecule has 0 bridgehead atoms. The van der Waals surface area contributed by atoms with Crippen molar-refractivity contribution in [3.05, 3.63) is 64.1 Å². The Morgan fingerprint density at radius 2 is 1.79 bits per heavy atom. The van der Waals surface area contributed by atoms with Crippen LogP contribution in [0.3, 0.4) is 0 Å². The quantitative estimate of drug-likeness (QED) is 0.519. The van der Waals surface area contributed by atoms with Crippen LogP contribution in [0.4, 0.5) is 0 Å². The highest BCUT2D eigenvalue weighted by Crippen LogP contribution is 2.23. The zero-order valence-electron chi connectivity index (χ0n) is 16.4. The second-order valence-electron chi connectivity index (χ2n) is 6.47. The van der Waals surface area contributed by atoms with Gasteiger partial charge in [-0.3, -0.25) is 10.1 Å². The standard InChI is InChI=1S/C22H27BrN2O2S/c1-3-13-25(14-4-2)22(28)24-21(26)19-16-18(23)10-11-20(19)27-15-12-17-8-6-5-7-9-17/h5-11,16H,3-4,12-15H2,1-2H3,(H,24,26,28). The summed E-state index contributed by atoms with van der Waals surface area (Å²) in [5, 5.41) is 3.32. The smallest absolute Gasteiger partial charge is 0.261 e. The van der Waals surface area contributed by atoms with Crippen LogP contribution >= 0.6 is 28.1 Å². The van der Waals surface area contributed by atoms with Crippen LogP contribution in [0.25, 0.3) is 0 Å². The van der Waals surface area contributed by atoms with Crippen LogP contribution < -0.4 is 10.1 Å². The van der Waals surface area contributed by atoms with Crippen molar-refractivity contribution in [1.29, 1.82) is 0 Å². The van der Waals surface area contributed by atoms with E-state index in [4.69, 9.17) is 17.0 Å². The van der Waals surface area contributed by atoms with E-state index in [9.17, 15) is 4.79 Å². The van der Waals surface area contributed by atoms with Crippen molar-refractivity contribution < 1.29 is 9.53 Å². The number of thiocarbonyl (C=S) groups is 1. The second-order valence-corrected chi connectivity index (χ2v) is 7.77. The summed E-state index contributed by atoms with van der Waals surface area (Å²) in [4.78, 5) is 14.9. The lowest BCUT2D eigenvalue weighted by Crippen LogP contribution is -2.43. The highest BCUT2D eigenvalue weighted by molar-refractivity contribution is 9.10. The van der Waals surface area contributed by atoms with Gasteiger partial charge in [0.15, 0.2) is 5.11 Å². The second kappa shape index (κ2) is 11.8. The Bertz CT molecular complexity index is 777. The average molecular weight is 463 g/mol. The molecule has 0 radical (unpaired) electrons. The molecule has 0 aliphatic heterocycles. The van der Waals surface area contributed by atoms with Gasteiger partial charge in [-0.15, -0.1) is 0 Å². The molecule has 0 fully saturated rings. The summed E-state index contributed by atoms with van der Waals surface area (Å²) in [6.45, 7) is 6.34. The van der Waals surface area contributed by atoms with Gasteiger partial charge in [0.2, 0.25) is 0 Å². The number of nitrogens with zero attached hydrogens (tertiary/aromatic N) is 1. The number of hydrogen-bond acceptors (Lipinski definition) is 3. The first kappa shape index (κ1) is 22.4. The van der Waals surface area contributed by atoms with Gasteiger partial charge in [-0.05, 0) is 48.8 Å². The lowest BCUT2D eigenvalue weighted by Gasteiger charge is -2.24. The van der Waals surface area contributed by atoms with Gasteiger partial charge >= 0.3 is 0 Å². The van der Waals surface area contributed by atoms with Crippen LogP contribution in [0.5, 0.6) is 5.75 Å². The molecule has 6 heteroatoms. The summed E-state index contributed by atoms with van der Waals surface area (Å²) in [7, 11) is 0. The minimum Gasteiger partial charge on any atom is -0.492 e. The van der Waals surface area contributed by atoms with Crippen molar-refractivity contribution in [2.75, 3.05) is 19.7 Å². The van der Waals surface area contributed by atoms with Gasteiger partial charge in [-0.1, -0.05) is 60.1 Å². The number of amides is 1. The van der Waals surface area contributed by atoms with E-state index in [2.05, 4.69) is 47.2 Å². The summed E-state index contributed by atoms with van der Waals surface area (Å²) in [6.07, 6.45) is 2.72. The number of carbonyl (C=O) groups excluding carboxylic acids is 1. The number of benzene rings is 2. The van der Waals surface area contributed by atoms with Crippen molar-refractivity contribution in [3.63, 3.8) is 0 Å². The number of halogens is 1. The molecule has 4 nitrogen and oxygen atoms in total. The van der Waals surface area contributed by atoms with Crippen LogP contribution in [0.2, 0.25) is 0 Å². The largest absolute Gasteiger partial charge is 0.492 e. The van der Waals surface area contributed by atoms with Gasteiger partial charge in [0, 0.05) is 24.0 Å². The Kier molecular flexibility index (Phi) is 9.44. The summed E-state index contributed by atoms with van der Waals surface area (Å²) in [5.41, 5.74) is 1.67. The fourth-order valence-corrected chi connectivity index (χ4v) is 3.46. The molecule has 2 rings (SSSR count). The Morgan fingerprint density at radius 1 is 1.11 bits per heavy atom. The molecule has 0 saturated heterocycles. The molecule has 2 aromatic carbocycles. The molecule has 0 saturated carbocycles. The highest BCUT2D eigenvalue weighted by Gasteiger charge is 2.17. The lowest BCUT2D eigenvalue weighted by atomic mass is 10.1. The number of carbonyl (C=O) groups is 1. The van der Waals surface area contributed by atoms with Gasteiger partial charge in [0.1, 0.15) is 5.75 Å². The van der Waals surface area contributed by atoms with Gasteiger partial charge < -0.3 is 9.64 Å². The van der Waals surface area contributed by atoms with Crippen molar-refractivity contribution >= 4 is 39.2 Å². The van der Waals surface area contributed by atoms with Crippen molar-refractivity contribution in [2.45, 2.75) is 33.1 Å². The average Bonchev–Trinajstić information content (AvgIpc) is 2.69. The lowest BCUT2D eigenvalue weighted by molar-refractivity contribution is 0.0969. The molecule has 150 valence electrons. The van der Waals surface area contributed by atoms with Crippen LogP contribution in [0, 0.1) is 0 Å². The predicted octanol–water partition coefficient (Wildman–Crippen LogP) is 5.21. The molecular formula is C22H27BrN2O2S. The Labute approximate surface area is 181 Å². The maximum Gasteiger partial charge on any atom is 0.261 e. The maximum atomic E-state index is 12.8. The number of hydrogen-bond donors (Lipinski definition) is 1. The van der Waals surface area contributed by atoms with Crippen LogP contribution in [-0.4, -0.2) is 35.6 Å². The van der Waals surface area contributed by atoms with Gasteiger partial charge in [-0.2, -0.15) is 0 Å². The molecule has 0 aromatic heterocycles. The maximum absolute atomic E-state index is 12.8. The third kappa shape index (κ3) is 6.91. The van der Waals surface area contributed by atoms with Crippen LogP contribution in [-0.2, 0) is 6.42 Å². The Hall–Kier alpha value is -1.92. The van der Waals surface area contributed by atoms with E-state index in [0.717, 1.165) is 36.8 Å². The number of rotatable bonds is 9. The zero-order chi connectivity index (χ0) is 20.4. The van der Waals surface area contributed by atoms with E-state index in [0.29, 0.717) is 23.0 Å². The summed E-state index contributed by atoms with van der Waals surface area (Å²) < 4.78 is 6.73. The normalized spacial score (nSPS) is 10.4. The Morgan fingerprint density at radius 3 is 2.43 bits per heavy atom. The summed E-state index contributed by atoms with van der Waals surface area (Å²) in [6, 6.07) is 15.6. The van der Waals surface area contributed by atoms with Gasteiger partial charge in [0.05, 0.1) is 12.2 Å². The van der Waals surface area contributed by atoms with E-state index in [1.807, 2.05) is 35.2 Å². The van der Waals surface area contributed by atoms with E-state index < -0.39 is 0 Å². The molecule has 0 aliphatic rings. The first-order chi connectivity index (χ1) is 13.5. The van der Waals surface area contributed by atoms with Crippen LogP contribution in [0.15, 0.2) is 53.0 Å². The zero-order valence-corrected chi connectivity index (χ0v) is 18.8. The first-order valence-electron chi connectivity index (χ1n) is 9.61. The molecule has 0 atom stereocenters. The number of ether oxygens (including phenoxy) is 1. The minimum atomic E-state index is -0.252. The van der Waals surface area contributed by atoms with Crippen LogP contribution in [0.1, 0.15) is 42.6 Å². The summed E-state index contributed by atoms with van der Waals surface area (Å²) >= 11 is 8.89. The molecular weight excluding hydrogens is 436 g/mol. The van der Waals surface area contributed by atoms with Crippen molar-refractivity contribution in [2.24, 2.45) is 0 Å². The summed E-state index contributed by atoms with van der Waals surface area (Å²) in [5.74, 6) is 0.301. The molecule has 0 heterocycles. The number of nitrogens with one attached hydrogen (secondary N) is 1. The van der Waals surface area contributed by atoms with Crippen molar-refractivity contribution in [1.82, 2.24) is 10.2 Å². The first-order valence-corrected chi connectivity index (χ1v) is 10.8. The van der Waals surface area contributed by atoms with E-state index in [-0.39, 0.29) is 5.91 Å². The topological polar surface area (TPSA) is 41.6 Å². The molecule has 28 heavy (non-hydrogen) atoms. The third-order valence-electron chi connectivity index (χ3n) is 4.17. The van der Waals surface area contributed by atoms with E-state index in [1.165, 1.54) is 5.56 Å². The third-order valence-corrected chi connectivity index (χ3v) is 5.03. The van der Waals surface area contributed by atoms with E-state index >= 15 is 0 Å². The molecule has 0 spiro atoms. The molecule has 1 N–H and O–H groups in total. The molecule has 0 aliphatic carbocycles. The molecule has 2 aromatic rings. The monoisotopic (exact) mass is 462 g/mol. The van der Waals surface area contributed by atoms with Gasteiger partial charge in [-0.25, -0.2) is 0 Å². The molecule has 0 unspecified atom stereocenters. The fraction of sp³-hybridized carbons (Fsp3) is 0.364. The van der Waals surface area contributed by atoms with E-state index in [1.54, 1.807) is 6.07 Å². The Balaban J connectivity index is 2.05. The van der Waals surface area contributed by atoms with Gasteiger partial charge in [0.25, 0.3) is 5.91 Å². The van der Waals surface area contributed by atoms with Crippen molar-refractivity contribution in [3.8, 4) is 5.75 Å². The fourth-order valence-electron chi connectivity index (χ4n) is 2.83. The predicted molar refractivity (Wildman–Crippen MR) is 122 cm³/mol.